The molecule has 0 aliphatic heterocycles. The van der Waals surface area contributed by atoms with E-state index >= 15 is 0 Å². The monoisotopic (exact) mass is 212 g/mol. The van der Waals surface area contributed by atoms with Crippen molar-refractivity contribution < 1.29 is 5.11 Å². The summed E-state index contributed by atoms with van der Waals surface area (Å²) in [5.41, 5.74) is -0.312. The average molecular weight is 212 g/mol. The largest absolute Gasteiger partial charge is 0.390 e. The molecule has 1 rings (SSSR count). The van der Waals surface area contributed by atoms with Gasteiger partial charge in [0.1, 0.15) is 0 Å². The van der Waals surface area contributed by atoms with Gasteiger partial charge in [-0.3, -0.25) is 0 Å². The quantitative estimate of drug-likeness (QED) is 0.726. The highest BCUT2D eigenvalue weighted by atomic mass is 16.3. The summed E-state index contributed by atoms with van der Waals surface area (Å²) in [6.07, 6.45) is 9.39. The van der Waals surface area contributed by atoms with Gasteiger partial charge in [0, 0.05) is 0 Å². The van der Waals surface area contributed by atoms with Crippen molar-refractivity contribution in [3.05, 3.63) is 0 Å². The molecular weight excluding hydrogens is 184 g/mol. The fourth-order valence-electron chi connectivity index (χ4n) is 3.06. The predicted octanol–water partition coefficient (Wildman–Crippen LogP) is 4.14. The Kier molecular flexibility index (Phi) is 5.11. The third-order valence-corrected chi connectivity index (χ3v) is 3.72. The maximum atomic E-state index is 10.5. The highest BCUT2D eigenvalue weighted by Crippen LogP contribution is 2.38. The first-order chi connectivity index (χ1) is 7.06. The van der Waals surface area contributed by atoms with Gasteiger partial charge < -0.3 is 5.11 Å². The van der Waals surface area contributed by atoms with E-state index in [1.165, 1.54) is 32.1 Å². The zero-order chi connectivity index (χ0) is 11.3. The Balaban J connectivity index is 2.39. The van der Waals surface area contributed by atoms with Crippen molar-refractivity contribution in [2.75, 3.05) is 0 Å². The van der Waals surface area contributed by atoms with Gasteiger partial charge in [0.25, 0.3) is 0 Å². The van der Waals surface area contributed by atoms with Crippen molar-refractivity contribution in [3.63, 3.8) is 0 Å². The molecule has 1 aliphatic rings. The maximum absolute atomic E-state index is 10.5. The van der Waals surface area contributed by atoms with E-state index in [1.54, 1.807) is 0 Å². The van der Waals surface area contributed by atoms with E-state index in [0.29, 0.717) is 0 Å². The Morgan fingerprint density at radius 3 is 2.73 bits per heavy atom. The summed E-state index contributed by atoms with van der Waals surface area (Å²) < 4.78 is 0. The van der Waals surface area contributed by atoms with Gasteiger partial charge in [-0.2, -0.15) is 0 Å². The molecule has 0 spiro atoms. The molecule has 0 aromatic carbocycles. The fourth-order valence-corrected chi connectivity index (χ4v) is 3.06. The van der Waals surface area contributed by atoms with E-state index in [1.807, 2.05) is 0 Å². The van der Waals surface area contributed by atoms with Crippen LogP contribution in [0.1, 0.15) is 72.1 Å². The fraction of sp³-hybridized carbons (Fsp3) is 1.00. The molecule has 2 atom stereocenters. The van der Waals surface area contributed by atoms with E-state index < -0.39 is 0 Å². The van der Waals surface area contributed by atoms with Gasteiger partial charge in [0.15, 0.2) is 0 Å². The molecule has 0 radical (unpaired) electrons. The SMILES string of the molecule is CCCCC1(O)CCCC(CC(C)C)C1. The molecule has 0 amide bonds. The number of hydrogen-bond donors (Lipinski definition) is 1. The first-order valence-corrected chi connectivity index (χ1v) is 6.78. The van der Waals surface area contributed by atoms with Crippen molar-refractivity contribution in [2.24, 2.45) is 11.8 Å². The minimum Gasteiger partial charge on any atom is -0.390 e. The number of hydrogen-bond acceptors (Lipinski definition) is 1. The van der Waals surface area contributed by atoms with E-state index in [0.717, 1.165) is 31.1 Å². The van der Waals surface area contributed by atoms with Crippen molar-refractivity contribution in [1.82, 2.24) is 0 Å². The van der Waals surface area contributed by atoms with Crippen molar-refractivity contribution >= 4 is 0 Å². The highest BCUT2D eigenvalue weighted by molar-refractivity contribution is 4.86. The topological polar surface area (TPSA) is 20.2 Å². The summed E-state index contributed by atoms with van der Waals surface area (Å²) in [5, 5.41) is 10.5. The molecule has 0 saturated heterocycles. The molecule has 1 aliphatic carbocycles. The number of unbranched alkanes of at least 4 members (excludes halogenated alkanes) is 1. The molecule has 2 unspecified atom stereocenters. The van der Waals surface area contributed by atoms with Crippen LogP contribution in [0.15, 0.2) is 0 Å². The van der Waals surface area contributed by atoms with Crippen molar-refractivity contribution in [2.45, 2.75) is 77.7 Å². The smallest absolute Gasteiger partial charge is 0.0650 e. The molecule has 0 aromatic heterocycles. The van der Waals surface area contributed by atoms with Gasteiger partial charge in [-0.1, -0.05) is 46.5 Å². The maximum Gasteiger partial charge on any atom is 0.0650 e. The second-order valence-corrected chi connectivity index (χ2v) is 5.92. The number of rotatable bonds is 5. The molecule has 1 nitrogen and oxygen atoms in total. The van der Waals surface area contributed by atoms with Crippen LogP contribution in [0.3, 0.4) is 0 Å². The summed E-state index contributed by atoms with van der Waals surface area (Å²) in [5.74, 6) is 1.56. The van der Waals surface area contributed by atoms with Gasteiger partial charge in [-0.25, -0.2) is 0 Å². The average Bonchev–Trinajstić information content (AvgIpc) is 2.14. The lowest BCUT2D eigenvalue weighted by molar-refractivity contribution is -0.0278. The summed E-state index contributed by atoms with van der Waals surface area (Å²) in [4.78, 5) is 0. The van der Waals surface area contributed by atoms with Gasteiger partial charge in [-0.15, -0.1) is 0 Å². The number of aliphatic hydroxyl groups is 1. The summed E-state index contributed by atoms with van der Waals surface area (Å²) in [6.45, 7) is 6.79. The minimum atomic E-state index is -0.312. The highest BCUT2D eigenvalue weighted by Gasteiger charge is 2.33. The molecule has 0 aromatic rings. The van der Waals surface area contributed by atoms with Gasteiger partial charge in [-0.05, 0) is 37.5 Å². The van der Waals surface area contributed by atoms with E-state index in [9.17, 15) is 5.11 Å². The molecule has 0 bridgehead atoms. The minimum absolute atomic E-state index is 0.312. The lowest BCUT2D eigenvalue weighted by atomic mass is 9.73. The van der Waals surface area contributed by atoms with E-state index in [4.69, 9.17) is 0 Å². The second-order valence-electron chi connectivity index (χ2n) is 5.92. The lowest BCUT2D eigenvalue weighted by Crippen LogP contribution is -2.35. The summed E-state index contributed by atoms with van der Waals surface area (Å²) >= 11 is 0. The third-order valence-electron chi connectivity index (χ3n) is 3.72. The summed E-state index contributed by atoms with van der Waals surface area (Å²) in [6, 6.07) is 0. The second kappa shape index (κ2) is 5.89. The van der Waals surface area contributed by atoms with Crippen LogP contribution in [0.5, 0.6) is 0 Å². The Morgan fingerprint density at radius 2 is 2.13 bits per heavy atom. The first kappa shape index (κ1) is 13.0. The van der Waals surface area contributed by atoms with E-state index in [2.05, 4.69) is 20.8 Å². The molecule has 0 heterocycles. The molecule has 15 heavy (non-hydrogen) atoms. The van der Waals surface area contributed by atoms with Crippen LogP contribution in [-0.4, -0.2) is 10.7 Å². The Hall–Kier alpha value is -0.0400. The van der Waals surface area contributed by atoms with Gasteiger partial charge >= 0.3 is 0 Å². The lowest BCUT2D eigenvalue weighted by Gasteiger charge is -2.37. The third kappa shape index (κ3) is 4.55. The van der Waals surface area contributed by atoms with Crippen LogP contribution < -0.4 is 0 Å². The normalized spacial score (nSPS) is 32.2. The molecule has 1 N–H and O–H groups in total. The van der Waals surface area contributed by atoms with Gasteiger partial charge in [0.2, 0.25) is 0 Å². The van der Waals surface area contributed by atoms with Crippen LogP contribution in [0.4, 0.5) is 0 Å². The van der Waals surface area contributed by atoms with Crippen LogP contribution >= 0.6 is 0 Å². The van der Waals surface area contributed by atoms with Crippen LogP contribution in [0.25, 0.3) is 0 Å². The predicted molar refractivity (Wildman–Crippen MR) is 65.9 cm³/mol. The standard InChI is InChI=1S/C14H28O/c1-4-5-8-14(15)9-6-7-13(11-14)10-12(2)3/h12-13,15H,4-11H2,1-3H3. The van der Waals surface area contributed by atoms with Crippen LogP contribution in [0.2, 0.25) is 0 Å². The van der Waals surface area contributed by atoms with Crippen molar-refractivity contribution in [3.8, 4) is 0 Å². The van der Waals surface area contributed by atoms with Crippen molar-refractivity contribution in [1.29, 1.82) is 0 Å². The molecule has 1 fully saturated rings. The Morgan fingerprint density at radius 1 is 1.40 bits per heavy atom. The van der Waals surface area contributed by atoms with Crippen LogP contribution in [-0.2, 0) is 0 Å². The zero-order valence-electron chi connectivity index (χ0n) is 10.8. The Labute approximate surface area is 95.3 Å². The molecule has 1 saturated carbocycles. The summed E-state index contributed by atoms with van der Waals surface area (Å²) in [7, 11) is 0. The van der Waals surface area contributed by atoms with Gasteiger partial charge in [0.05, 0.1) is 5.60 Å². The zero-order valence-corrected chi connectivity index (χ0v) is 10.8. The Bertz CT molecular complexity index is 176. The van der Waals surface area contributed by atoms with Crippen LogP contribution in [0, 0.1) is 11.8 Å². The first-order valence-electron chi connectivity index (χ1n) is 6.78. The molecule has 1 heteroatoms. The molecule has 90 valence electrons. The molecular formula is C14H28O. The van der Waals surface area contributed by atoms with E-state index in [-0.39, 0.29) is 5.60 Å².